The maximum absolute atomic E-state index is 2.58. The molecule has 0 bridgehead atoms. The number of hydrogen-bond donors (Lipinski definition) is 0. The van der Waals surface area contributed by atoms with Crippen molar-refractivity contribution >= 4 is 28.3 Å². The summed E-state index contributed by atoms with van der Waals surface area (Å²) >= 11 is 2.36. The van der Waals surface area contributed by atoms with Crippen molar-refractivity contribution in [2.24, 2.45) is 0 Å². The molecular weight excluding hydrogens is 297 g/mol. The van der Waals surface area contributed by atoms with Crippen molar-refractivity contribution in [3.63, 3.8) is 0 Å². The highest BCUT2D eigenvalue weighted by molar-refractivity contribution is 14.1. The summed E-state index contributed by atoms with van der Waals surface area (Å²) in [5.41, 5.74) is 1.40. The Morgan fingerprint density at radius 3 is 2.67 bits per heavy atom. The summed E-state index contributed by atoms with van der Waals surface area (Å²) in [5.74, 6) is 0. The Morgan fingerprint density at radius 1 is 1.27 bits per heavy atom. The van der Waals surface area contributed by atoms with Crippen LogP contribution >= 0.6 is 22.6 Å². The van der Waals surface area contributed by atoms with E-state index in [4.69, 9.17) is 0 Å². The van der Waals surface area contributed by atoms with E-state index in [1.165, 1.54) is 41.5 Å². The molecule has 82 valence electrons. The molecule has 15 heavy (non-hydrogen) atoms. The van der Waals surface area contributed by atoms with Gasteiger partial charge in [-0.25, -0.2) is 0 Å². The van der Waals surface area contributed by atoms with Gasteiger partial charge < -0.3 is 4.90 Å². The van der Waals surface area contributed by atoms with Gasteiger partial charge in [-0.2, -0.15) is 0 Å². The molecule has 0 radical (unpaired) electrons. The average molecular weight is 315 g/mol. The first kappa shape index (κ1) is 11.2. The summed E-state index contributed by atoms with van der Waals surface area (Å²) in [6.45, 7) is 3.54. The zero-order chi connectivity index (χ0) is 10.7. The Labute approximate surface area is 106 Å². The smallest absolute Gasteiger partial charge is 0.0369 e. The molecular formula is C13H18IN. The van der Waals surface area contributed by atoms with Crippen LogP contribution in [0, 0.1) is 3.57 Å². The Morgan fingerprint density at radius 2 is 2.00 bits per heavy atom. The fraction of sp³-hybridized carbons (Fsp3) is 0.538. The maximum atomic E-state index is 2.58. The van der Waals surface area contributed by atoms with Crippen LogP contribution < -0.4 is 4.90 Å². The third-order valence-electron chi connectivity index (χ3n) is 3.26. The minimum Gasteiger partial charge on any atom is -0.369 e. The van der Waals surface area contributed by atoms with E-state index in [1.807, 2.05) is 0 Å². The van der Waals surface area contributed by atoms with E-state index >= 15 is 0 Å². The number of halogens is 1. The normalized spacial score (nSPS) is 21.7. The molecule has 1 aromatic carbocycles. The summed E-state index contributed by atoms with van der Waals surface area (Å²) in [6, 6.07) is 9.69. The van der Waals surface area contributed by atoms with E-state index in [1.54, 1.807) is 0 Å². The van der Waals surface area contributed by atoms with E-state index in [2.05, 4.69) is 58.7 Å². The first-order valence-electron chi connectivity index (χ1n) is 5.83. The third kappa shape index (κ3) is 2.65. The lowest BCUT2D eigenvalue weighted by molar-refractivity contribution is 0.450. The van der Waals surface area contributed by atoms with Gasteiger partial charge in [0.15, 0.2) is 0 Å². The van der Waals surface area contributed by atoms with Crippen LogP contribution in [0.1, 0.15) is 32.6 Å². The summed E-state index contributed by atoms with van der Waals surface area (Å²) in [4.78, 5) is 2.58. The molecule has 1 heterocycles. The van der Waals surface area contributed by atoms with Crippen molar-refractivity contribution in [2.45, 2.75) is 38.6 Å². The van der Waals surface area contributed by atoms with Crippen molar-refractivity contribution in [1.82, 2.24) is 0 Å². The van der Waals surface area contributed by atoms with Crippen LogP contribution in [0.5, 0.6) is 0 Å². The molecule has 1 atom stereocenters. The third-order valence-corrected chi connectivity index (χ3v) is 3.98. The van der Waals surface area contributed by atoms with Gasteiger partial charge in [0.05, 0.1) is 0 Å². The van der Waals surface area contributed by atoms with Crippen LogP contribution in [0.4, 0.5) is 5.69 Å². The Hall–Kier alpha value is -0.250. The van der Waals surface area contributed by atoms with Gasteiger partial charge in [-0.15, -0.1) is 0 Å². The van der Waals surface area contributed by atoms with E-state index in [0.29, 0.717) is 0 Å². The van der Waals surface area contributed by atoms with E-state index in [9.17, 15) is 0 Å². The second-order valence-electron chi connectivity index (χ2n) is 4.23. The SMILES string of the molecule is CCC1CCCCN1c1ccc(I)cc1. The molecule has 1 fully saturated rings. The summed E-state index contributed by atoms with van der Waals surface area (Å²) in [6.07, 6.45) is 5.39. The summed E-state index contributed by atoms with van der Waals surface area (Å²) in [5, 5.41) is 0. The monoisotopic (exact) mass is 315 g/mol. The number of nitrogens with zero attached hydrogens (tertiary/aromatic N) is 1. The molecule has 2 rings (SSSR count). The molecule has 0 amide bonds. The molecule has 0 aliphatic carbocycles. The van der Waals surface area contributed by atoms with Gasteiger partial charge in [0.1, 0.15) is 0 Å². The molecule has 2 heteroatoms. The predicted molar refractivity (Wildman–Crippen MR) is 74.4 cm³/mol. The molecule has 0 saturated carbocycles. The molecule has 1 nitrogen and oxygen atoms in total. The van der Waals surface area contributed by atoms with Gasteiger partial charge in [-0.1, -0.05) is 6.92 Å². The Balaban J connectivity index is 2.16. The van der Waals surface area contributed by atoms with Gasteiger partial charge in [-0.3, -0.25) is 0 Å². The average Bonchev–Trinajstić information content (AvgIpc) is 2.30. The number of hydrogen-bond acceptors (Lipinski definition) is 1. The summed E-state index contributed by atoms with van der Waals surface area (Å²) in [7, 11) is 0. The highest BCUT2D eigenvalue weighted by Gasteiger charge is 2.20. The van der Waals surface area contributed by atoms with E-state index in [0.717, 1.165) is 6.04 Å². The zero-order valence-electron chi connectivity index (χ0n) is 9.25. The van der Waals surface area contributed by atoms with Gasteiger partial charge in [0.2, 0.25) is 0 Å². The standard InChI is InChI=1S/C13H18IN/c1-2-12-5-3-4-10-15(12)13-8-6-11(14)7-9-13/h6-9,12H,2-5,10H2,1H3. The molecule has 1 aliphatic heterocycles. The minimum atomic E-state index is 0.763. The molecule has 1 aromatic rings. The molecule has 1 unspecified atom stereocenters. The lowest BCUT2D eigenvalue weighted by Gasteiger charge is -2.37. The number of anilines is 1. The van der Waals surface area contributed by atoms with Gasteiger partial charge >= 0.3 is 0 Å². The Bertz CT molecular complexity index is 307. The zero-order valence-corrected chi connectivity index (χ0v) is 11.4. The highest BCUT2D eigenvalue weighted by atomic mass is 127. The van der Waals surface area contributed by atoms with Gasteiger partial charge in [0, 0.05) is 21.8 Å². The fourth-order valence-corrected chi connectivity index (χ4v) is 2.76. The molecule has 0 aromatic heterocycles. The lowest BCUT2D eigenvalue weighted by atomic mass is 9.99. The highest BCUT2D eigenvalue weighted by Crippen LogP contribution is 2.26. The maximum Gasteiger partial charge on any atom is 0.0369 e. The Kier molecular flexibility index (Phi) is 3.89. The van der Waals surface area contributed by atoms with Crippen molar-refractivity contribution in [2.75, 3.05) is 11.4 Å². The largest absolute Gasteiger partial charge is 0.369 e. The summed E-state index contributed by atoms with van der Waals surface area (Å²) < 4.78 is 1.32. The molecule has 1 aliphatic rings. The second kappa shape index (κ2) is 5.19. The van der Waals surface area contributed by atoms with Crippen LogP contribution in [0.25, 0.3) is 0 Å². The van der Waals surface area contributed by atoms with Gasteiger partial charge in [-0.05, 0) is 72.5 Å². The number of rotatable bonds is 2. The van der Waals surface area contributed by atoms with Crippen LogP contribution in [-0.2, 0) is 0 Å². The van der Waals surface area contributed by atoms with Crippen LogP contribution in [0.2, 0.25) is 0 Å². The predicted octanol–water partition coefficient (Wildman–Crippen LogP) is 4.06. The minimum absolute atomic E-state index is 0.763. The first-order chi connectivity index (χ1) is 7.31. The first-order valence-corrected chi connectivity index (χ1v) is 6.91. The second-order valence-corrected chi connectivity index (χ2v) is 5.47. The van der Waals surface area contributed by atoms with Crippen molar-refractivity contribution in [1.29, 1.82) is 0 Å². The topological polar surface area (TPSA) is 3.24 Å². The van der Waals surface area contributed by atoms with Crippen molar-refractivity contribution < 1.29 is 0 Å². The number of benzene rings is 1. The van der Waals surface area contributed by atoms with Crippen LogP contribution in [-0.4, -0.2) is 12.6 Å². The molecule has 0 spiro atoms. The molecule has 1 saturated heterocycles. The van der Waals surface area contributed by atoms with Gasteiger partial charge in [0.25, 0.3) is 0 Å². The van der Waals surface area contributed by atoms with E-state index in [-0.39, 0.29) is 0 Å². The van der Waals surface area contributed by atoms with Crippen LogP contribution in [0.3, 0.4) is 0 Å². The van der Waals surface area contributed by atoms with Crippen molar-refractivity contribution in [3.8, 4) is 0 Å². The fourth-order valence-electron chi connectivity index (χ4n) is 2.40. The van der Waals surface area contributed by atoms with E-state index < -0.39 is 0 Å². The molecule has 0 N–H and O–H groups in total. The van der Waals surface area contributed by atoms with Crippen LogP contribution in [0.15, 0.2) is 24.3 Å². The number of piperidine rings is 1. The lowest BCUT2D eigenvalue weighted by Crippen LogP contribution is -2.39. The van der Waals surface area contributed by atoms with Crippen molar-refractivity contribution in [3.05, 3.63) is 27.8 Å². The quantitative estimate of drug-likeness (QED) is 0.744.